The molecule has 2 aromatic carbocycles. The molecule has 4 amide bonds. The lowest BCUT2D eigenvalue weighted by atomic mass is 9.99. The van der Waals surface area contributed by atoms with Gasteiger partial charge in [-0.2, -0.15) is 5.10 Å². The van der Waals surface area contributed by atoms with E-state index in [-0.39, 0.29) is 12.5 Å². The molecule has 5 aromatic rings. The molecule has 1 unspecified atom stereocenters. The Morgan fingerprint density at radius 3 is 2.82 bits per heavy atom. The lowest BCUT2D eigenvalue weighted by molar-refractivity contribution is -0.119. The number of para-hydroxylation sites is 1. The van der Waals surface area contributed by atoms with E-state index in [9.17, 15) is 14.4 Å². The zero-order chi connectivity index (χ0) is 26.9. The molecule has 0 radical (unpaired) electrons. The van der Waals surface area contributed by atoms with Crippen LogP contribution in [-0.2, 0) is 24.2 Å². The second-order valence-electron chi connectivity index (χ2n) is 9.57. The van der Waals surface area contributed by atoms with E-state index in [1.807, 2.05) is 30.5 Å². The largest absolute Gasteiger partial charge is 0.368 e. The van der Waals surface area contributed by atoms with Gasteiger partial charge < -0.3 is 26.3 Å². The maximum absolute atomic E-state index is 13.0. The number of amides is 4. The van der Waals surface area contributed by atoms with E-state index in [0.717, 1.165) is 38.6 Å². The average molecular weight is 523 g/mol. The summed E-state index contributed by atoms with van der Waals surface area (Å²) in [6.07, 6.45) is 6.28. The molecule has 3 aromatic heterocycles. The average Bonchev–Trinajstić information content (AvgIpc) is 3.60. The van der Waals surface area contributed by atoms with Gasteiger partial charge in [0.25, 0.3) is 5.91 Å². The Morgan fingerprint density at radius 2 is 1.95 bits per heavy atom. The number of aromatic amines is 2. The molecular formula is C28H26N8O3. The van der Waals surface area contributed by atoms with Crippen LogP contribution in [0.1, 0.15) is 27.0 Å². The molecule has 11 nitrogen and oxygen atoms in total. The zero-order valence-corrected chi connectivity index (χ0v) is 20.9. The van der Waals surface area contributed by atoms with E-state index in [1.54, 1.807) is 41.6 Å². The summed E-state index contributed by atoms with van der Waals surface area (Å²) in [5.74, 6) is -1.09. The number of carbonyl (C=O) groups excluding carboxylic acids is 3. The molecule has 1 aliphatic heterocycles. The van der Waals surface area contributed by atoms with Crippen LogP contribution in [0.4, 0.5) is 10.5 Å². The Bertz CT molecular complexity index is 1720. The number of nitrogens with zero attached hydrogens (tertiary/aromatic N) is 3. The van der Waals surface area contributed by atoms with Crippen LogP contribution in [0.25, 0.3) is 21.9 Å². The number of primary amides is 1. The molecule has 0 saturated carbocycles. The van der Waals surface area contributed by atoms with Gasteiger partial charge in [-0.05, 0) is 47.4 Å². The van der Waals surface area contributed by atoms with Crippen molar-refractivity contribution in [1.29, 1.82) is 0 Å². The molecule has 6 rings (SSSR count). The second-order valence-corrected chi connectivity index (χ2v) is 9.57. The number of carbonyl (C=O) groups is 3. The van der Waals surface area contributed by atoms with E-state index in [1.165, 1.54) is 0 Å². The lowest BCUT2D eigenvalue weighted by Gasteiger charge is -2.29. The van der Waals surface area contributed by atoms with Crippen LogP contribution < -0.4 is 16.4 Å². The van der Waals surface area contributed by atoms with Crippen molar-refractivity contribution in [2.24, 2.45) is 5.73 Å². The Morgan fingerprint density at radius 1 is 1.08 bits per heavy atom. The number of urea groups is 1. The summed E-state index contributed by atoms with van der Waals surface area (Å²) in [6, 6.07) is 13.1. The number of aromatic nitrogens is 4. The summed E-state index contributed by atoms with van der Waals surface area (Å²) in [5.41, 5.74) is 11.1. The summed E-state index contributed by atoms with van der Waals surface area (Å²) >= 11 is 0. The minimum Gasteiger partial charge on any atom is -0.368 e. The number of hydrogen-bond donors (Lipinski definition) is 5. The summed E-state index contributed by atoms with van der Waals surface area (Å²) in [4.78, 5) is 47.5. The minimum absolute atomic E-state index is 0.248. The quantitative estimate of drug-likeness (QED) is 0.231. The maximum Gasteiger partial charge on any atom is 0.322 e. The number of nitrogens with two attached hydrogens (primary N) is 1. The second kappa shape index (κ2) is 9.93. The normalized spacial score (nSPS) is 13.7. The first-order chi connectivity index (χ1) is 19.0. The molecule has 196 valence electrons. The maximum atomic E-state index is 13.0. The third-order valence-electron chi connectivity index (χ3n) is 7.09. The number of hydrogen-bond acceptors (Lipinski definition) is 5. The number of nitrogens with one attached hydrogen (secondary N) is 4. The molecule has 0 fully saturated rings. The molecular weight excluding hydrogens is 496 g/mol. The molecule has 0 bridgehead atoms. The van der Waals surface area contributed by atoms with E-state index in [2.05, 4.69) is 30.8 Å². The summed E-state index contributed by atoms with van der Waals surface area (Å²) in [5, 5.41) is 14.5. The molecule has 11 heteroatoms. The van der Waals surface area contributed by atoms with Gasteiger partial charge >= 0.3 is 6.03 Å². The van der Waals surface area contributed by atoms with Gasteiger partial charge in [0.1, 0.15) is 6.04 Å². The van der Waals surface area contributed by atoms with Gasteiger partial charge in [-0.15, -0.1) is 0 Å². The van der Waals surface area contributed by atoms with Gasteiger partial charge in [-0.1, -0.05) is 24.3 Å². The van der Waals surface area contributed by atoms with E-state index >= 15 is 0 Å². The standard InChI is InChI=1S/C28H26N8O3/c29-25(37)24(11-17-12-30-23-7-2-1-6-21(17)23)34-27(38)16-4-3-5-19(10-16)33-28(39)36-9-8-20-18(15-36)13-31-26-22(20)14-32-35-26/h1-7,10,12-14,24,30H,8-9,11,15H2,(H2,29,37)(H,33,39)(H,34,38)(H,31,32,35). The first-order valence-corrected chi connectivity index (χ1v) is 12.6. The van der Waals surface area contributed by atoms with Crippen LogP contribution in [0.3, 0.4) is 0 Å². The molecule has 39 heavy (non-hydrogen) atoms. The molecule has 6 N–H and O–H groups in total. The molecule has 0 aliphatic carbocycles. The highest BCUT2D eigenvalue weighted by Crippen LogP contribution is 2.25. The zero-order valence-electron chi connectivity index (χ0n) is 20.9. The summed E-state index contributed by atoms with van der Waals surface area (Å²) in [7, 11) is 0. The van der Waals surface area contributed by atoms with Gasteiger partial charge in [0.05, 0.1) is 6.20 Å². The van der Waals surface area contributed by atoms with Gasteiger partial charge in [-0.3, -0.25) is 14.7 Å². The van der Waals surface area contributed by atoms with Gasteiger partial charge in [0.15, 0.2) is 5.65 Å². The summed E-state index contributed by atoms with van der Waals surface area (Å²) < 4.78 is 0. The van der Waals surface area contributed by atoms with Crippen LogP contribution in [0, 0.1) is 0 Å². The molecule has 1 atom stereocenters. The van der Waals surface area contributed by atoms with Crippen molar-refractivity contribution in [3.05, 3.63) is 89.4 Å². The Hall–Kier alpha value is -5.19. The molecule has 0 spiro atoms. The monoisotopic (exact) mass is 522 g/mol. The van der Waals surface area contributed by atoms with Crippen LogP contribution in [0.15, 0.2) is 67.1 Å². The smallest absolute Gasteiger partial charge is 0.322 e. The van der Waals surface area contributed by atoms with Crippen LogP contribution in [0.5, 0.6) is 0 Å². The van der Waals surface area contributed by atoms with Gasteiger partial charge in [-0.25, -0.2) is 9.78 Å². The first kappa shape index (κ1) is 24.2. The van der Waals surface area contributed by atoms with Crippen LogP contribution in [0.2, 0.25) is 0 Å². The number of pyridine rings is 1. The molecule has 4 heterocycles. The number of benzene rings is 2. The van der Waals surface area contributed by atoms with Gasteiger partial charge in [0.2, 0.25) is 5.91 Å². The van der Waals surface area contributed by atoms with Crippen molar-refractivity contribution in [3.63, 3.8) is 0 Å². The number of rotatable bonds is 6. The predicted octanol–water partition coefficient (Wildman–Crippen LogP) is 2.86. The fourth-order valence-corrected chi connectivity index (χ4v) is 5.05. The van der Waals surface area contributed by atoms with Crippen molar-refractivity contribution < 1.29 is 14.4 Å². The third kappa shape index (κ3) is 4.77. The highest BCUT2D eigenvalue weighted by molar-refractivity contribution is 5.99. The van der Waals surface area contributed by atoms with E-state index in [0.29, 0.717) is 30.8 Å². The number of anilines is 1. The SMILES string of the molecule is NC(=O)C(Cc1c[nH]c2ccccc12)NC(=O)c1cccc(NC(=O)N2CCc3c(cnc4[nH]ncc34)C2)c1. The van der Waals surface area contributed by atoms with Crippen molar-refractivity contribution in [2.45, 2.75) is 25.4 Å². The van der Waals surface area contributed by atoms with E-state index in [4.69, 9.17) is 5.73 Å². The van der Waals surface area contributed by atoms with Crippen molar-refractivity contribution in [2.75, 3.05) is 11.9 Å². The number of fused-ring (bicyclic) bond motifs is 4. The van der Waals surface area contributed by atoms with E-state index < -0.39 is 17.9 Å². The van der Waals surface area contributed by atoms with Crippen molar-refractivity contribution >= 4 is 45.5 Å². The number of H-pyrrole nitrogens is 2. The predicted molar refractivity (Wildman–Crippen MR) is 146 cm³/mol. The van der Waals surface area contributed by atoms with Crippen molar-refractivity contribution in [3.8, 4) is 0 Å². The first-order valence-electron chi connectivity index (χ1n) is 12.6. The van der Waals surface area contributed by atoms with Gasteiger partial charge in [0, 0.05) is 59.4 Å². The fraction of sp³-hybridized carbons (Fsp3) is 0.179. The highest BCUT2D eigenvalue weighted by Gasteiger charge is 2.24. The third-order valence-corrected chi connectivity index (χ3v) is 7.09. The Balaban J connectivity index is 1.12. The van der Waals surface area contributed by atoms with Crippen molar-refractivity contribution in [1.82, 2.24) is 30.4 Å². The topological polar surface area (TPSA) is 162 Å². The Kier molecular flexibility index (Phi) is 6.16. The van der Waals surface area contributed by atoms with Crippen LogP contribution >= 0.6 is 0 Å². The fourth-order valence-electron chi connectivity index (χ4n) is 5.05. The van der Waals surface area contributed by atoms with Crippen LogP contribution in [-0.4, -0.2) is 55.5 Å². The lowest BCUT2D eigenvalue weighted by Crippen LogP contribution is -2.45. The summed E-state index contributed by atoms with van der Waals surface area (Å²) in [6.45, 7) is 0.959. The highest BCUT2D eigenvalue weighted by atomic mass is 16.2. The molecule has 0 saturated heterocycles. The molecule has 1 aliphatic rings. The Labute approximate surface area is 222 Å². The minimum atomic E-state index is -0.904.